The molecule has 6 nitrogen and oxygen atoms in total. The van der Waals surface area contributed by atoms with Crippen molar-refractivity contribution in [1.29, 1.82) is 0 Å². The van der Waals surface area contributed by atoms with Gasteiger partial charge in [0.1, 0.15) is 21.6 Å². The Hall–Kier alpha value is -1.90. The Kier molecular flexibility index (Phi) is 5.63. The maximum absolute atomic E-state index is 13.8. The first-order valence-corrected chi connectivity index (χ1v) is 7.39. The summed E-state index contributed by atoms with van der Waals surface area (Å²) in [7, 11) is 1.13. The zero-order valence-corrected chi connectivity index (χ0v) is 13.8. The van der Waals surface area contributed by atoms with E-state index in [9.17, 15) is 18.4 Å². The van der Waals surface area contributed by atoms with E-state index in [1.54, 1.807) is 0 Å². The number of halogens is 4. The molecule has 130 valence electrons. The van der Waals surface area contributed by atoms with Gasteiger partial charge in [0.15, 0.2) is 5.82 Å². The van der Waals surface area contributed by atoms with Gasteiger partial charge >= 0.3 is 5.97 Å². The standard InChI is InChI=1S/C14H12Cl2F2N2O4/c1-24-14(23)6-5-20(2-3-21)13(22)12(6)19-8-4-7(17)9(15)11(18)10(8)16/h4,19,21H,2-3,5H2,1H3. The molecule has 0 fully saturated rings. The van der Waals surface area contributed by atoms with Crippen molar-refractivity contribution in [2.24, 2.45) is 0 Å². The van der Waals surface area contributed by atoms with Crippen LogP contribution in [0.1, 0.15) is 0 Å². The molecule has 10 heteroatoms. The Balaban J connectivity index is 2.45. The lowest BCUT2D eigenvalue weighted by Gasteiger charge is -2.15. The molecule has 0 spiro atoms. The van der Waals surface area contributed by atoms with Crippen molar-refractivity contribution < 1.29 is 28.2 Å². The summed E-state index contributed by atoms with van der Waals surface area (Å²) in [5, 5.41) is 10.1. The maximum atomic E-state index is 13.8. The zero-order valence-electron chi connectivity index (χ0n) is 12.3. The number of β-amino-alcohol motifs (C(OH)–C–C–N with tert-alkyl or cyclic N) is 1. The highest BCUT2D eigenvalue weighted by atomic mass is 35.5. The van der Waals surface area contributed by atoms with Crippen molar-refractivity contribution in [3.05, 3.63) is 39.0 Å². The first-order chi connectivity index (χ1) is 11.3. The molecule has 1 aliphatic heterocycles. The third-order valence-corrected chi connectivity index (χ3v) is 4.03. The number of methoxy groups -OCH3 is 1. The first-order valence-electron chi connectivity index (χ1n) is 6.63. The molecular formula is C14H12Cl2F2N2O4. The molecule has 0 bridgehead atoms. The lowest BCUT2D eigenvalue weighted by molar-refractivity contribution is -0.136. The van der Waals surface area contributed by atoms with Crippen molar-refractivity contribution in [1.82, 2.24) is 4.90 Å². The SMILES string of the molecule is COC(=O)C1=C(Nc2cc(F)c(Cl)c(F)c2Cl)C(=O)N(CCO)C1. The van der Waals surface area contributed by atoms with Crippen molar-refractivity contribution in [2.45, 2.75) is 0 Å². The number of anilines is 1. The third-order valence-electron chi connectivity index (χ3n) is 3.32. The van der Waals surface area contributed by atoms with Crippen molar-refractivity contribution in [2.75, 3.05) is 32.1 Å². The van der Waals surface area contributed by atoms with E-state index >= 15 is 0 Å². The number of hydrogen-bond donors (Lipinski definition) is 2. The van der Waals surface area contributed by atoms with Crippen LogP contribution in [-0.4, -0.2) is 48.7 Å². The summed E-state index contributed by atoms with van der Waals surface area (Å²) in [5.41, 5.74) is -0.562. The quantitative estimate of drug-likeness (QED) is 0.463. The molecule has 1 heterocycles. The van der Waals surface area contributed by atoms with E-state index in [1.165, 1.54) is 4.90 Å². The van der Waals surface area contributed by atoms with Crippen LogP contribution in [0.4, 0.5) is 14.5 Å². The van der Waals surface area contributed by atoms with Gasteiger partial charge in [-0.05, 0) is 0 Å². The average molecular weight is 381 g/mol. The summed E-state index contributed by atoms with van der Waals surface area (Å²) in [6, 6.07) is 0.803. The van der Waals surface area contributed by atoms with E-state index in [-0.39, 0.29) is 36.7 Å². The summed E-state index contributed by atoms with van der Waals surface area (Å²) in [6.45, 7) is -0.468. The number of hydrogen-bond acceptors (Lipinski definition) is 5. The molecule has 1 amide bonds. The number of carbonyl (C=O) groups excluding carboxylic acids is 2. The summed E-state index contributed by atoms with van der Waals surface area (Å²) >= 11 is 11.2. The number of aliphatic hydroxyl groups is 1. The molecule has 0 saturated heterocycles. The molecule has 0 radical (unpaired) electrons. The van der Waals surface area contributed by atoms with Crippen LogP contribution in [-0.2, 0) is 14.3 Å². The molecule has 0 aromatic heterocycles. The predicted octanol–water partition coefficient (Wildman–Crippen LogP) is 1.95. The van der Waals surface area contributed by atoms with Crippen molar-refractivity contribution in [3.8, 4) is 0 Å². The minimum atomic E-state index is -1.20. The molecule has 24 heavy (non-hydrogen) atoms. The number of carbonyl (C=O) groups is 2. The normalized spacial score (nSPS) is 14.4. The second-order valence-corrected chi connectivity index (χ2v) is 5.52. The first kappa shape index (κ1) is 18.4. The molecule has 1 aromatic carbocycles. The largest absolute Gasteiger partial charge is 0.466 e. The molecule has 0 aliphatic carbocycles. The molecule has 0 unspecified atom stereocenters. The molecular weight excluding hydrogens is 369 g/mol. The van der Waals surface area contributed by atoms with Gasteiger partial charge in [0, 0.05) is 12.6 Å². The zero-order chi connectivity index (χ0) is 18.0. The minimum absolute atomic E-state index is 0.0262. The Labute approximate surface area is 145 Å². The van der Waals surface area contributed by atoms with Gasteiger partial charge in [-0.25, -0.2) is 13.6 Å². The van der Waals surface area contributed by atoms with Gasteiger partial charge in [0.2, 0.25) is 0 Å². The van der Waals surface area contributed by atoms with Crippen LogP contribution in [0.3, 0.4) is 0 Å². The average Bonchev–Trinajstić information content (AvgIpc) is 2.87. The summed E-state index contributed by atoms with van der Waals surface area (Å²) < 4.78 is 32.0. The van der Waals surface area contributed by atoms with Crippen LogP contribution < -0.4 is 5.32 Å². The Morgan fingerprint density at radius 3 is 2.67 bits per heavy atom. The fourth-order valence-corrected chi connectivity index (χ4v) is 2.54. The number of ether oxygens (including phenoxy) is 1. The van der Waals surface area contributed by atoms with Crippen LogP contribution in [0.2, 0.25) is 10.0 Å². The van der Waals surface area contributed by atoms with Gasteiger partial charge in [0.05, 0.1) is 31.5 Å². The summed E-state index contributed by atoms with van der Waals surface area (Å²) in [4.78, 5) is 25.3. The third kappa shape index (κ3) is 3.31. The fraction of sp³-hybridized carbons (Fsp3) is 0.286. The van der Waals surface area contributed by atoms with Crippen LogP contribution >= 0.6 is 23.2 Å². The predicted molar refractivity (Wildman–Crippen MR) is 82.7 cm³/mol. The van der Waals surface area contributed by atoms with Crippen LogP contribution in [0.25, 0.3) is 0 Å². The van der Waals surface area contributed by atoms with E-state index in [0.717, 1.165) is 13.2 Å². The van der Waals surface area contributed by atoms with Crippen LogP contribution in [0, 0.1) is 11.6 Å². The number of aliphatic hydroxyl groups excluding tert-OH is 1. The van der Waals surface area contributed by atoms with Gasteiger partial charge in [-0.3, -0.25) is 4.79 Å². The highest BCUT2D eigenvalue weighted by Crippen LogP contribution is 2.34. The Morgan fingerprint density at radius 2 is 2.08 bits per heavy atom. The maximum Gasteiger partial charge on any atom is 0.337 e. The van der Waals surface area contributed by atoms with Crippen LogP contribution in [0.15, 0.2) is 17.3 Å². The molecule has 1 aliphatic rings. The van der Waals surface area contributed by atoms with Gasteiger partial charge < -0.3 is 20.1 Å². The monoisotopic (exact) mass is 380 g/mol. The van der Waals surface area contributed by atoms with Crippen molar-refractivity contribution in [3.63, 3.8) is 0 Å². The number of amides is 1. The van der Waals surface area contributed by atoms with E-state index in [4.69, 9.17) is 28.3 Å². The Bertz CT molecular complexity index is 740. The van der Waals surface area contributed by atoms with E-state index in [0.29, 0.717) is 0 Å². The highest BCUT2D eigenvalue weighted by Gasteiger charge is 2.35. The fourth-order valence-electron chi connectivity index (χ4n) is 2.15. The number of benzene rings is 1. The second kappa shape index (κ2) is 7.33. The van der Waals surface area contributed by atoms with Crippen LogP contribution in [0.5, 0.6) is 0 Å². The van der Waals surface area contributed by atoms with Gasteiger partial charge in [-0.1, -0.05) is 23.2 Å². The van der Waals surface area contributed by atoms with Crippen molar-refractivity contribution >= 4 is 40.8 Å². The number of esters is 1. The number of rotatable bonds is 5. The summed E-state index contributed by atoms with van der Waals surface area (Å²) in [6.07, 6.45) is 0. The topological polar surface area (TPSA) is 78.9 Å². The molecule has 0 atom stereocenters. The lowest BCUT2D eigenvalue weighted by atomic mass is 10.2. The molecule has 2 N–H and O–H groups in total. The van der Waals surface area contributed by atoms with Gasteiger partial charge in [-0.2, -0.15) is 0 Å². The summed E-state index contributed by atoms with van der Waals surface area (Å²) in [5.74, 6) is -3.72. The smallest absolute Gasteiger partial charge is 0.337 e. The second-order valence-electron chi connectivity index (χ2n) is 4.77. The van der Waals surface area contributed by atoms with Gasteiger partial charge in [0.25, 0.3) is 5.91 Å². The van der Waals surface area contributed by atoms with E-state index < -0.39 is 33.6 Å². The number of nitrogens with one attached hydrogen (secondary N) is 1. The van der Waals surface area contributed by atoms with E-state index in [1.807, 2.05) is 0 Å². The Morgan fingerprint density at radius 1 is 1.42 bits per heavy atom. The van der Waals surface area contributed by atoms with E-state index in [2.05, 4.69) is 10.1 Å². The number of nitrogens with zero attached hydrogens (tertiary/aromatic N) is 1. The molecule has 1 aromatic rings. The molecule has 2 rings (SSSR count). The highest BCUT2D eigenvalue weighted by molar-refractivity contribution is 6.36. The lowest BCUT2D eigenvalue weighted by Crippen LogP contribution is -2.31. The van der Waals surface area contributed by atoms with Gasteiger partial charge in [-0.15, -0.1) is 0 Å². The minimum Gasteiger partial charge on any atom is -0.466 e. The molecule has 0 saturated carbocycles.